The largest absolute Gasteiger partial charge is 0.0812 e. The molecule has 0 aliphatic rings. The lowest BCUT2D eigenvalue weighted by molar-refractivity contribution is 0.536. The van der Waals surface area contributed by atoms with Crippen LogP contribution in [0.4, 0.5) is 0 Å². The fourth-order valence-electron chi connectivity index (χ4n) is 0.797. The fourth-order valence-corrected chi connectivity index (χ4v) is 5.18. The second-order valence-electron chi connectivity index (χ2n) is 3.33. The molecule has 0 fully saturated rings. The van der Waals surface area contributed by atoms with Gasteiger partial charge in [-0.15, -0.1) is 0 Å². The standard InChI is InChI=1S/C8H14I4/c1-4(2)6(9)7(10)5(3)8(11)12/h4-8H,1-3H3. The molecule has 0 N–H and O–H groups in total. The molecule has 0 nitrogen and oxygen atoms in total. The van der Waals surface area contributed by atoms with Gasteiger partial charge in [0.05, 0.1) is 1.93 Å². The van der Waals surface area contributed by atoms with Gasteiger partial charge in [-0.05, 0) is 11.8 Å². The molecule has 74 valence electrons. The topological polar surface area (TPSA) is 0 Å². The van der Waals surface area contributed by atoms with Crippen LogP contribution in [0.3, 0.4) is 0 Å². The first-order chi connectivity index (χ1) is 5.37. The molecule has 0 rings (SSSR count). The second-order valence-corrected chi connectivity index (χ2v) is 11.3. The van der Waals surface area contributed by atoms with Gasteiger partial charge in [-0.3, -0.25) is 0 Å². The molecule has 3 unspecified atom stereocenters. The maximum Gasteiger partial charge on any atom is 0.0662 e. The van der Waals surface area contributed by atoms with E-state index in [1.165, 1.54) is 0 Å². The van der Waals surface area contributed by atoms with E-state index in [2.05, 4.69) is 111 Å². The summed E-state index contributed by atoms with van der Waals surface area (Å²) in [7, 11) is 0. The summed E-state index contributed by atoms with van der Waals surface area (Å²) in [4.78, 5) is 0. The zero-order valence-electron chi connectivity index (χ0n) is 7.40. The van der Waals surface area contributed by atoms with Gasteiger partial charge < -0.3 is 0 Å². The van der Waals surface area contributed by atoms with Crippen molar-refractivity contribution in [3.63, 3.8) is 0 Å². The van der Waals surface area contributed by atoms with Crippen molar-refractivity contribution < 1.29 is 0 Å². The molecule has 4 heteroatoms. The van der Waals surface area contributed by atoms with Crippen molar-refractivity contribution in [3.05, 3.63) is 0 Å². The zero-order chi connectivity index (χ0) is 9.89. The van der Waals surface area contributed by atoms with E-state index in [-0.39, 0.29) is 0 Å². The monoisotopic (exact) mass is 618 g/mol. The van der Waals surface area contributed by atoms with E-state index in [0.29, 0.717) is 0 Å². The van der Waals surface area contributed by atoms with Crippen molar-refractivity contribution in [2.75, 3.05) is 0 Å². The normalized spacial score (nSPS) is 19.8. The summed E-state index contributed by atoms with van der Waals surface area (Å²) in [6, 6.07) is 0. The molecule has 0 aromatic rings. The van der Waals surface area contributed by atoms with Crippen LogP contribution in [0.25, 0.3) is 0 Å². The van der Waals surface area contributed by atoms with Crippen molar-refractivity contribution in [2.45, 2.75) is 30.6 Å². The highest BCUT2D eigenvalue weighted by atomic mass is 127. The molecule has 0 aliphatic carbocycles. The quantitative estimate of drug-likeness (QED) is 0.305. The molecule has 0 aromatic carbocycles. The second kappa shape index (κ2) is 7.24. The van der Waals surface area contributed by atoms with Crippen molar-refractivity contribution in [1.82, 2.24) is 0 Å². The van der Waals surface area contributed by atoms with Gasteiger partial charge in [0.1, 0.15) is 0 Å². The van der Waals surface area contributed by atoms with Gasteiger partial charge in [0, 0.05) is 7.85 Å². The van der Waals surface area contributed by atoms with Crippen LogP contribution in [0.2, 0.25) is 0 Å². The third kappa shape index (κ3) is 5.13. The Morgan fingerprint density at radius 3 is 1.42 bits per heavy atom. The molecule has 0 aliphatic heterocycles. The molecule has 0 radical (unpaired) electrons. The Morgan fingerprint density at radius 2 is 1.17 bits per heavy atom. The molecule has 0 spiro atoms. The first-order valence-electron chi connectivity index (χ1n) is 3.94. The fraction of sp³-hybridized carbons (Fsp3) is 1.00. The van der Waals surface area contributed by atoms with Crippen LogP contribution in [-0.2, 0) is 0 Å². The van der Waals surface area contributed by atoms with Crippen molar-refractivity contribution >= 4 is 90.4 Å². The van der Waals surface area contributed by atoms with E-state index in [9.17, 15) is 0 Å². The highest BCUT2D eigenvalue weighted by molar-refractivity contribution is 14.2. The Kier molecular flexibility index (Phi) is 9.00. The lowest BCUT2D eigenvalue weighted by Gasteiger charge is -2.27. The smallest absolute Gasteiger partial charge is 0.0662 e. The zero-order valence-corrected chi connectivity index (χ0v) is 16.0. The van der Waals surface area contributed by atoms with E-state index in [1.54, 1.807) is 0 Å². The molecular formula is C8H14I4. The summed E-state index contributed by atoms with van der Waals surface area (Å²) < 4.78 is 2.34. The first-order valence-corrected chi connectivity index (χ1v) is 8.92. The lowest BCUT2D eigenvalue weighted by atomic mass is 10.0. The predicted molar refractivity (Wildman–Crippen MR) is 91.4 cm³/mol. The Balaban J connectivity index is 4.08. The summed E-state index contributed by atoms with van der Waals surface area (Å²) in [6.07, 6.45) is 0. The Hall–Kier alpha value is 2.92. The van der Waals surface area contributed by atoms with E-state index in [4.69, 9.17) is 0 Å². The van der Waals surface area contributed by atoms with Crippen LogP contribution in [0, 0.1) is 11.8 Å². The highest BCUT2D eigenvalue weighted by Crippen LogP contribution is 2.34. The molecule has 12 heavy (non-hydrogen) atoms. The highest BCUT2D eigenvalue weighted by Gasteiger charge is 2.27. The molecule has 0 heterocycles. The molecule has 3 atom stereocenters. The van der Waals surface area contributed by atoms with Gasteiger partial charge in [0.2, 0.25) is 0 Å². The number of hydrogen-bond acceptors (Lipinski definition) is 0. The van der Waals surface area contributed by atoms with Gasteiger partial charge in [0.25, 0.3) is 0 Å². The van der Waals surface area contributed by atoms with Crippen molar-refractivity contribution in [1.29, 1.82) is 0 Å². The molecule has 0 bridgehead atoms. The number of halogens is 4. The van der Waals surface area contributed by atoms with Crippen LogP contribution in [-0.4, -0.2) is 9.78 Å². The molecular weight excluding hydrogens is 604 g/mol. The molecule has 0 amide bonds. The average Bonchev–Trinajstić information content (AvgIpc) is 2.00. The summed E-state index contributed by atoms with van der Waals surface area (Å²) in [5.41, 5.74) is 0. The van der Waals surface area contributed by atoms with Gasteiger partial charge in [0.15, 0.2) is 0 Å². The van der Waals surface area contributed by atoms with Crippen molar-refractivity contribution in [3.8, 4) is 0 Å². The van der Waals surface area contributed by atoms with Crippen molar-refractivity contribution in [2.24, 2.45) is 11.8 Å². The van der Waals surface area contributed by atoms with Gasteiger partial charge in [-0.25, -0.2) is 0 Å². The minimum Gasteiger partial charge on any atom is -0.0812 e. The predicted octanol–water partition coefficient (Wildman–Crippen LogP) is 5.08. The summed E-state index contributed by atoms with van der Waals surface area (Å²) in [5.74, 6) is 1.59. The third-order valence-electron chi connectivity index (χ3n) is 1.84. The van der Waals surface area contributed by atoms with E-state index in [0.717, 1.165) is 21.6 Å². The van der Waals surface area contributed by atoms with Gasteiger partial charge >= 0.3 is 0 Å². The summed E-state index contributed by atoms with van der Waals surface area (Å²) >= 11 is 10.2. The number of alkyl halides is 4. The number of hydrogen-bond donors (Lipinski definition) is 0. The molecule has 0 saturated heterocycles. The average molecular weight is 618 g/mol. The lowest BCUT2D eigenvalue weighted by Crippen LogP contribution is -2.29. The van der Waals surface area contributed by atoms with Gasteiger partial charge in [-0.1, -0.05) is 111 Å². The Bertz CT molecular complexity index is 110. The van der Waals surface area contributed by atoms with Crippen LogP contribution in [0.15, 0.2) is 0 Å². The summed E-state index contributed by atoms with van der Waals surface area (Å²) in [5, 5.41) is 0. The third-order valence-corrected chi connectivity index (χ3v) is 9.61. The SMILES string of the molecule is CC(C)C(I)C(I)C(C)C(I)I. The Labute approximate surface area is 130 Å². The van der Waals surface area contributed by atoms with E-state index in [1.807, 2.05) is 0 Å². The van der Waals surface area contributed by atoms with Crippen LogP contribution in [0.1, 0.15) is 20.8 Å². The first kappa shape index (κ1) is 14.9. The Morgan fingerprint density at radius 1 is 0.750 bits per heavy atom. The minimum atomic E-state index is 0.748. The van der Waals surface area contributed by atoms with E-state index < -0.39 is 0 Å². The van der Waals surface area contributed by atoms with E-state index >= 15 is 0 Å². The van der Waals surface area contributed by atoms with Gasteiger partial charge in [-0.2, -0.15) is 0 Å². The van der Waals surface area contributed by atoms with Crippen LogP contribution < -0.4 is 0 Å². The maximum atomic E-state index is 2.61. The van der Waals surface area contributed by atoms with Crippen LogP contribution >= 0.6 is 90.4 Å². The molecule has 0 aromatic heterocycles. The summed E-state index contributed by atoms with van der Waals surface area (Å²) in [6.45, 7) is 6.98. The molecule has 0 saturated carbocycles. The van der Waals surface area contributed by atoms with Crippen LogP contribution in [0.5, 0.6) is 0 Å². The minimum absolute atomic E-state index is 0.748. The number of rotatable bonds is 4. The maximum absolute atomic E-state index is 2.61.